The molecule has 1 atom stereocenters. The first kappa shape index (κ1) is 59.1. The van der Waals surface area contributed by atoms with Gasteiger partial charge in [0.25, 0.3) is 31.6 Å². The van der Waals surface area contributed by atoms with E-state index >= 15 is 0 Å². The summed E-state index contributed by atoms with van der Waals surface area (Å²) in [5, 5.41) is 84.2. The minimum atomic E-state index is -4.93. The van der Waals surface area contributed by atoms with Crippen molar-refractivity contribution in [2.75, 3.05) is 19.8 Å². The molecule has 0 fully saturated rings. The number of nitrogens with two attached hydrogens (primary N) is 1. The Morgan fingerprint density at radius 2 is 1.12 bits per heavy atom. The van der Waals surface area contributed by atoms with Crippen molar-refractivity contribution in [1.82, 2.24) is 19.6 Å². The van der Waals surface area contributed by atoms with Crippen LogP contribution in [-0.4, -0.2) is 95.5 Å². The molecule has 29 heteroatoms. The molecule has 0 amide bonds. The Balaban J connectivity index is 0.00000114. The first-order chi connectivity index (χ1) is 33.4. The molecule has 0 aliphatic heterocycles. The van der Waals surface area contributed by atoms with Gasteiger partial charge in [-0.1, -0.05) is 33.1 Å². The molecule has 0 radical (unpaired) electrons. The van der Waals surface area contributed by atoms with E-state index < -0.39 is 74.1 Å². The van der Waals surface area contributed by atoms with E-state index in [4.69, 9.17) is 19.6 Å². The number of rotatable bonds is 19. The normalized spacial score (nSPS) is 11.9. The maximum Gasteiger partial charge on any atom is 1.00 e. The van der Waals surface area contributed by atoms with Gasteiger partial charge < -0.3 is 30.9 Å². The Hall–Kier alpha value is -7.23. The summed E-state index contributed by atoms with van der Waals surface area (Å²) in [6.07, 6.45) is 11.6. The molecule has 2 aromatic heterocycles. The summed E-state index contributed by atoms with van der Waals surface area (Å²) in [4.78, 5) is 18.0. The summed E-state index contributed by atoms with van der Waals surface area (Å²) in [6.45, 7) is 10.5. The SMILES string of the molecule is CCCCC(CC)COCCCN.Cc1cc(O)cc(-n2cc(N=Nc3cc([N+](=O)[O-])cc(S(=O)(=O)O)c3O)cn2)c1.Cc1cc(O)cc(-n2cc(N=Nc3cc([N+](=O)[O-])cc(S(=O)(=O)O)c3O)cn2)c1.[Cr].[H+].[H+].[H+]. The van der Waals surface area contributed by atoms with Gasteiger partial charge in [0.1, 0.15) is 44.0 Å². The molecular weight excluding hydrogens is 1030 g/mol. The Kier molecular flexibility index (Phi) is 22.0. The average molecular weight is 1080 g/mol. The number of aromatic nitrogens is 4. The fourth-order valence-electron chi connectivity index (χ4n) is 6.23. The number of non-ortho nitro benzene ring substituents is 2. The zero-order chi connectivity index (χ0) is 52.6. The van der Waals surface area contributed by atoms with Crippen LogP contribution < -0.4 is 5.73 Å². The molecule has 26 nitrogen and oxygen atoms in total. The molecule has 0 bridgehead atoms. The summed E-state index contributed by atoms with van der Waals surface area (Å²) < 4.78 is 72.0. The number of phenolic OH excluding ortho intramolecular Hbond substituents is 4. The minimum absolute atomic E-state index is 0. The van der Waals surface area contributed by atoms with Gasteiger partial charge in [-0.3, -0.25) is 29.3 Å². The average Bonchev–Trinajstić information content (AvgIpc) is 3.98. The number of ether oxygens (including phenoxy) is 1. The molecule has 8 N–H and O–H groups in total. The van der Waals surface area contributed by atoms with E-state index in [1.54, 1.807) is 38.1 Å². The van der Waals surface area contributed by atoms with Crippen LogP contribution in [-0.2, 0) is 42.3 Å². The third-order valence-corrected chi connectivity index (χ3v) is 11.5. The van der Waals surface area contributed by atoms with Crippen LogP contribution in [0.25, 0.3) is 11.4 Å². The van der Waals surface area contributed by atoms with Gasteiger partial charge in [-0.05, 0) is 74.5 Å². The molecule has 0 aliphatic carbocycles. The van der Waals surface area contributed by atoms with Crippen LogP contribution in [0.15, 0.2) is 116 Å². The second-order valence-electron chi connectivity index (χ2n) is 15.5. The predicted octanol–water partition coefficient (Wildman–Crippen LogP) is 9.23. The third-order valence-electron chi connectivity index (χ3n) is 9.75. The Morgan fingerprint density at radius 1 is 0.694 bits per heavy atom. The molecule has 0 saturated carbocycles. The van der Waals surface area contributed by atoms with Gasteiger partial charge in [-0.2, -0.15) is 27.0 Å². The fraction of sp³-hybridized carbons (Fsp3) is 0.302. The second-order valence-corrected chi connectivity index (χ2v) is 18.2. The summed E-state index contributed by atoms with van der Waals surface area (Å²) in [5.41, 5.74) is 5.88. The summed E-state index contributed by atoms with van der Waals surface area (Å²) in [7, 11) is -9.86. The number of nitrogens with zero attached hydrogens (tertiary/aromatic N) is 10. The molecule has 1 unspecified atom stereocenters. The number of hydrogen-bond donors (Lipinski definition) is 7. The molecule has 0 aliphatic rings. The van der Waals surface area contributed by atoms with Gasteiger partial charge in [0, 0.05) is 67.0 Å². The van der Waals surface area contributed by atoms with E-state index in [2.05, 4.69) is 44.5 Å². The molecule has 6 aromatic rings. The number of aryl methyl sites for hydroxylation is 2. The minimum Gasteiger partial charge on any atom is -0.508 e. The van der Waals surface area contributed by atoms with Crippen LogP contribution in [0.5, 0.6) is 23.0 Å². The van der Waals surface area contributed by atoms with Gasteiger partial charge in [0.2, 0.25) is 0 Å². The maximum absolute atomic E-state index is 11.3. The monoisotopic (exact) mass is 1080 g/mol. The van der Waals surface area contributed by atoms with Crippen LogP contribution >= 0.6 is 0 Å². The van der Waals surface area contributed by atoms with Crippen molar-refractivity contribution >= 4 is 54.4 Å². The van der Waals surface area contributed by atoms with Crippen LogP contribution in [0.4, 0.5) is 34.1 Å². The molecule has 0 saturated heterocycles. The van der Waals surface area contributed by atoms with Gasteiger partial charge >= 0.3 is 4.28 Å². The molecule has 72 heavy (non-hydrogen) atoms. The molecule has 6 rings (SSSR count). The fourth-order valence-corrected chi connectivity index (χ4v) is 7.47. The zero-order valence-corrected chi connectivity index (χ0v) is 41.9. The Bertz CT molecular complexity index is 2910. The summed E-state index contributed by atoms with van der Waals surface area (Å²) >= 11 is 0. The van der Waals surface area contributed by atoms with E-state index in [1.807, 2.05) is 0 Å². The molecule has 386 valence electrons. The summed E-state index contributed by atoms with van der Waals surface area (Å²) in [5.74, 6) is -1.13. The van der Waals surface area contributed by atoms with Crippen molar-refractivity contribution in [3.8, 4) is 34.4 Å². The number of hydrogen-bond acceptors (Lipinski definition) is 20. The topological polar surface area (TPSA) is 396 Å². The standard InChI is InChI=1S/2C16H13N5O7S.C11H25NO.Cr/c2*1-9-2-11(4-13(22)3-9)20-8-10(7-17-20)18-19-14-5-12(21(24)25)6-15(16(14)23)29(26,27)28;1-3-5-7-11(4-2)10-13-9-6-8-12;/h2*2-8,22-23H,1H3,(H,26,27,28);11H,3-10,12H2,1-2H3;/p+3. The second kappa shape index (κ2) is 26.8. The van der Waals surface area contributed by atoms with Crippen molar-refractivity contribution in [2.45, 2.75) is 69.6 Å². The largest absolute Gasteiger partial charge is 1.00 e. The third kappa shape index (κ3) is 17.6. The van der Waals surface area contributed by atoms with Crippen LogP contribution in [0, 0.1) is 40.0 Å². The van der Waals surface area contributed by atoms with Gasteiger partial charge in [0.05, 0.1) is 46.0 Å². The number of benzene rings is 4. The first-order valence-electron chi connectivity index (χ1n) is 21.2. The number of unbranched alkanes of at least 4 members (excludes halogenated alkanes) is 1. The molecule has 4 aromatic carbocycles. The van der Waals surface area contributed by atoms with Crippen molar-refractivity contribution in [1.29, 1.82) is 0 Å². The van der Waals surface area contributed by atoms with Crippen molar-refractivity contribution < 1.29 is 82.6 Å². The van der Waals surface area contributed by atoms with Gasteiger partial charge in [-0.25, -0.2) is 9.36 Å². The van der Waals surface area contributed by atoms with Crippen LogP contribution in [0.1, 0.15) is 61.4 Å². The molecule has 2 heterocycles. The van der Waals surface area contributed by atoms with Gasteiger partial charge in [0.15, 0.2) is 11.5 Å². The quantitative estimate of drug-likeness (QED) is 0.0130. The number of nitro benzene ring substituents is 2. The van der Waals surface area contributed by atoms with Crippen molar-refractivity contribution in [3.63, 3.8) is 0 Å². The van der Waals surface area contributed by atoms with Crippen molar-refractivity contribution in [2.24, 2.45) is 32.1 Å². The van der Waals surface area contributed by atoms with Gasteiger partial charge in [-0.15, -0.1) is 20.5 Å². The molecular formula is C43H54CrN11O15S2+3. The number of aromatic hydroxyl groups is 4. The van der Waals surface area contributed by atoms with E-state index in [-0.39, 0.29) is 44.5 Å². The zero-order valence-electron chi connectivity index (χ0n) is 41.9. The smallest absolute Gasteiger partial charge is 0.508 e. The van der Waals surface area contributed by atoms with Crippen LogP contribution in [0.3, 0.4) is 0 Å². The van der Waals surface area contributed by atoms with E-state index in [1.165, 1.54) is 72.0 Å². The van der Waals surface area contributed by atoms with E-state index in [9.17, 15) is 57.5 Å². The Morgan fingerprint density at radius 3 is 1.47 bits per heavy atom. The van der Waals surface area contributed by atoms with E-state index in [0.29, 0.717) is 23.5 Å². The first-order valence-corrected chi connectivity index (χ1v) is 24.1. The summed E-state index contributed by atoms with van der Waals surface area (Å²) in [6, 6.07) is 12.2. The number of nitro groups is 2. The number of azo groups is 2. The maximum atomic E-state index is 11.3. The number of phenols is 4. The van der Waals surface area contributed by atoms with Crippen molar-refractivity contribution in [3.05, 3.63) is 117 Å². The van der Waals surface area contributed by atoms with Crippen LogP contribution in [0.2, 0.25) is 0 Å². The predicted molar refractivity (Wildman–Crippen MR) is 259 cm³/mol. The molecule has 0 spiro atoms. The van der Waals surface area contributed by atoms with E-state index in [0.717, 1.165) is 55.4 Å². The Labute approximate surface area is 427 Å².